The van der Waals surface area contributed by atoms with Gasteiger partial charge in [0.25, 0.3) is 5.56 Å². The molecule has 3 aromatic heterocycles. The van der Waals surface area contributed by atoms with Gasteiger partial charge in [-0.15, -0.1) is 11.3 Å². The molecule has 0 aliphatic carbocycles. The van der Waals surface area contributed by atoms with Crippen LogP contribution in [0.2, 0.25) is 0 Å². The van der Waals surface area contributed by atoms with Gasteiger partial charge in [0.1, 0.15) is 0 Å². The number of piperidine rings is 1. The lowest BCUT2D eigenvalue weighted by atomic mass is 10.0. The van der Waals surface area contributed by atoms with Crippen molar-refractivity contribution in [1.29, 1.82) is 0 Å². The molecule has 0 N–H and O–H groups in total. The summed E-state index contributed by atoms with van der Waals surface area (Å²) < 4.78 is 6.85. The van der Waals surface area contributed by atoms with Gasteiger partial charge >= 0.3 is 5.69 Å². The molecule has 0 amide bonds. The monoisotopic (exact) mass is 470 g/mol. The van der Waals surface area contributed by atoms with Crippen molar-refractivity contribution in [3.63, 3.8) is 0 Å². The van der Waals surface area contributed by atoms with E-state index in [4.69, 9.17) is 9.97 Å². The van der Waals surface area contributed by atoms with Gasteiger partial charge in [0.15, 0.2) is 15.5 Å². The maximum absolute atomic E-state index is 13.1. The molecule has 1 saturated heterocycles. The van der Waals surface area contributed by atoms with Crippen LogP contribution in [0.1, 0.15) is 19.8 Å². The average Bonchev–Trinajstić information content (AvgIpc) is 3.38. The Hall–Kier alpha value is -2.59. The van der Waals surface area contributed by atoms with Gasteiger partial charge in [-0.2, -0.15) is 4.98 Å². The summed E-state index contributed by atoms with van der Waals surface area (Å²) >= 11 is 3.38. The van der Waals surface area contributed by atoms with E-state index in [9.17, 15) is 9.59 Å². The fourth-order valence-corrected chi connectivity index (χ4v) is 6.46. The number of hydrogen-bond donors (Lipinski definition) is 0. The van der Waals surface area contributed by atoms with Gasteiger partial charge in [0, 0.05) is 39.5 Å². The maximum Gasteiger partial charge on any atom is 0.332 e. The molecule has 0 unspecified atom stereocenters. The van der Waals surface area contributed by atoms with Crippen LogP contribution in [0.4, 0.5) is 5.95 Å². The average molecular weight is 471 g/mol. The number of benzene rings is 1. The lowest BCUT2D eigenvalue weighted by Gasteiger charge is -2.32. The van der Waals surface area contributed by atoms with E-state index in [0.717, 1.165) is 41.1 Å². The molecule has 10 heteroatoms. The lowest BCUT2D eigenvalue weighted by Crippen LogP contribution is -2.38. The molecule has 0 spiro atoms. The van der Waals surface area contributed by atoms with Crippen molar-refractivity contribution in [2.24, 2.45) is 20.0 Å². The van der Waals surface area contributed by atoms with Crippen LogP contribution in [0.5, 0.6) is 0 Å². The van der Waals surface area contributed by atoms with Gasteiger partial charge in [-0.25, -0.2) is 9.78 Å². The van der Waals surface area contributed by atoms with E-state index in [2.05, 4.69) is 17.9 Å². The molecular formula is C22H26N6O2S2. The number of fused-ring (bicyclic) bond motifs is 2. The van der Waals surface area contributed by atoms with Crippen molar-refractivity contribution in [2.75, 3.05) is 23.7 Å². The number of imidazole rings is 1. The minimum absolute atomic E-state index is 0.295. The van der Waals surface area contributed by atoms with Gasteiger partial charge in [0.2, 0.25) is 5.95 Å². The van der Waals surface area contributed by atoms with Crippen LogP contribution >= 0.6 is 23.1 Å². The first-order valence-corrected chi connectivity index (χ1v) is 12.6. The first-order valence-electron chi connectivity index (χ1n) is 10.8. The van der Waals surface area contributed by atoms with E-state index in [0.29, 0.717) is 23.6 Å². The van der Waals surface area contributed by atoms with Crippen molar-refractivity contribution in [3.05, 3.63) is 45.1 Å². The molecule has 1 aliphatic heterocycles. The Balaban J connectivity index is 1.52. The third-order valence-corrected chi connectivity index (χ3v) is 8.24. The molecule has 1 atom stereocenters. The standard InChI is InChI=1S/C22H26N6O2S2/c1-14-7-6-10-27(13-14)20-24-18-17(19(29)26(3)22(30)25(18)2)28(20)11-12-31-21-23-15-8-4-5-9-16(15)32-21/h4-5,8-9,14H,6-7,10-13H2,1-3H3/t14-/m0/s1. The number of aryl methyl sites for hydroxylation is 2. The Morgan fingerprint density at radius 3 is 2.75 bits per heavy atom. The summed E-state index contributed by atoms with van der Waals surface area (Å²) in [6.07, 6.45) is 2.30. The molecule has 1 aromatic carbocycles. The Morgan fingerprint density at radius 1 is 1.16 bits per heavy atom. The maximum atomic E-state index is 13.1. The molecule has 4 aromatic rings. The Bertz CT molecular complexity index is 1380. The summed E-state index contributed by atoms with van der Waals surface area (Å²) in [7, 11) is 3.21. The quantitative estimate of drug-likeness (QED) is 0.417. The third kappa shape index (κ3) is 3.65. The van der Waals surface area contributed by atoms with E-state index in [1.165, 1.54) is 27.3 Å². The van der Waals surface area contributed by atoms with Crippen LogP contribution in [0, 0.1) is 5.92 Å². The molecule has 1 aliphatic rings. The summed E-state index contributed by atoms with van der Waals surface area (Å²) in [4.78, 5) is 37.4. The minimum Gasteiger partial charge on any atom is -0.342 e. The van der Waals surface area contributed by atoms with E-state index in [1.807, 2.05) is 22.8 Å². The number of nitrogens with zero attached hydrogens (tertiary/aromatic N) is 6. The highest BCUT2D eigenvalue weighted by Crippen LogP contribution is 2.30. The minimum atomic E-state index is -0.352. The van der Waals surface area contributed by atoms with E-state index in [-0.39, 0.29) is 11.2 Å². The fourth-order valence-electron chi connectivity index (χ4n) is 4.40. The second-order valence-corrected chi connectivity index (χ2v) is 10.8. The second kappa shape index (κ2) is 8.40. The van der Waals surface area contributed by atoms with E-state index >= 15 is 0 Å². The zero-order chi connectivity index (χ0) is 22.4. The predicted molar refractivity (Wildman–Crippen MR) is 131 cm³/mol. The van der Waals surface area contributed by atoms with E-state index in [1.54, 1.807) is 30.1 Å². The number of anilines is 1. The van der Waals surface area contributed by atoms with Gasteiger partial charge in [0.05, 0.1) is 10.2 Å². The van der Waals surface area contributed by atoms with Gasteiger partial charge in [-0.1, -0.05) is 30.8 Å². The highest BCUT2D eigenvalue weighted by atomic mass is 32.2. The Kier molecular flexibility index (Phi) is 5.58. The first kappa shape index (κ1) is 21.3. The smallest absolute Gasteiger partial charge is 0.332 e. The first-order chi connectivity index (χ1) is 15.4. The summed E-state index contributed by atoms with van der Waals surface area (Å²) in [5.74, 6) is 2.11. The van der Waals surface area contributed by atoms with Crippen molar-refractivity contribution >= 4 is 50.4 Å². The number of thiazole rings is 1. The molecular weight excluding hydrogens is 444 g/mol. The van der Waals surface area contributed by atoms with Gasteiger partial charge < -0.3 is 9.47 Å². The van der Waals surface area contributed by atoms with Crippen LogP contribution in [0.15, 0.2) is 38.2 Å². The topological polar surface area (TPSA) is 78.0 Å². The van der Waals surface area contributed by atoms with Crippen molar-refractivity contribution < 1.29 is 0 Å². The fraction of sp³-hybridized carbons (Fsp3) is 0.455. The zero-order valence-corrected chi connectivity index (χ0v) is 20.1. The number of hydrogen-bond acceptors (Lipinski definition) is 7. The molecule has 0 saturated carbocycles. The van der Waals surface area contributed by atoms with Crippen molar-refractivity contribution in [3.8, 4) is 0 Å². The van der Waals surface area contributed by atoms with Gasteiger partial charge in [-0.3, -0.25) is 13.9 Å². The summed E-state index contributed by atoms with van der Waals surface area (Å²) in [5.41, 5.74) is 1.32. The normalized spacial score (nSPS) is 17.0. The number of para-hydroxylation sites is 1. The molecule has 4 heterocycles. The molecule has 5 rings (SSSR count). The van der Waals surface area contributed by atoms with Crippen LogP contribution in [-0.2, 0) is 20.6 Å². The van der Waals surface area contributed by atoms with Crippen LogP contribution in [-0.4, -0.2) is 42.5 Å². The lowest BCUT2D eigenvalue weighted by molar-refractivity contribution is 0.438. The highest BCUT2D eigenvalue weighted by Gasteiger charge is 2.25. The Labute approximate surface area is 193 Å². The second-order valence-electron chi connectivity index (χ2n) is 8.43. The molecule has 0 radical (unpaired) electrons. The largest absolute Gasteiger partial charge is 0.342 e. The SMILES string of the molecule is C[C@H]1CCCN(c2nc3c(c(=O)n(C)c(=O)n3C)n2CCSc2nc3ccccc3s2)C1. The molecule has 32 heavy (non-hydrogen) atoms. The number of rotatable bonds is 5. The molecule has 8 nitrogen and oxygen atoms in total. The zero-order valence-electron chi connectivity index (χ0n) is 18.4. The van der Waals surface area contributed by atoms with E-state index < -0.39 is 0 Å². The summed E-state index contributed by atoms with van der Waals surface area (Å²) in [6.45, 7) is 4.68. The molecule has 168 valence electrons. The summed E-state index contributed by atoms with van der Waals surface area (Å²) in [5, 5.41) is 0. The summed E-state index contributed by atoms with van der Waals surface area (Å²) in [6, 6.07) is 8.14. The number of thioether (sulfide) groups is 1. The predicted octanol–water partition coefficient (Wildman–Crippen LogP) is 3.07. The van der Waals surface area contributed by atoms with Crippen LogP contribution in [0.3, 0.4) is 0 Å². The Morgan fingerprint density at radius 2 is 1.97 bits per heavy atom. The molecule has 1 fully saturated rings. The van der Waals surface area contributed by atoms with Gasteiger partial charge in [-0.05, 0) is 30.9 Å². The third-order valence-electron chi connectivity index (χ3n) is 6.08. The molecule has 0 bridgehead atoms. The highest BCUT2D eigenvalue weighted by molar-refractivity contribution is 8.01. The van der Waals surface area contributed by atoms with Crippen LogP contribution in [0.25, 0.3) is 21.4 Å². The number of aromatic nitrogens is 5. The van der Waals surface area contributed by atoms with Crippen molar-refractivity contribution in [2.45, 2.75) is 30.6 Å². The van der Waals surface area contributed by atoms with Crippen molar-refractivity contribution in [1.82, 2.24) is 23.7 Å². The van der Waals surface area contributed by atoms with Crippen LogP contribution < -0.4 is 16.1 Å².